The summed E-state index contributed by atoms with van der Waals surface area (Å²) in [4.78, 5) is 37.3. The number of rotatable bonds is 7. The van der Waals surface area contributed by atoms with Gasteiger partial charge in [-0.1, -0.05) is 60.7 Å². The summed E-state index contributed by atoms with van der Waals surface area (Å²) in [5.41, 5.74) is 1.54. The van der Waals surface area contributed by atoms with E-state index in [1.807, 2.05) is 60.7 Å². The third-order valence-electron chi connectivity index (χ3n) is 3.85. The summed E-state index contributed by atoms with van der Waals surface area (Å²) in [5, 5.41) is 2.59. The topological polar surface area (TPSA) is 63.2 Å². The van der Waals surface area contributed by atoms with E-state index >= 15 is 0 Å². The van der Waals surface area contributed by atoms with Crippen molar-refractivity contribution in [3.05, 3.63) is 71.8 Å². The molecule has 0 bridgehead atoms. The summed E-state index contributed by atoms with van der Waals surface area (Å²) in [6, 6.07) is 18.4. The molecule has 4 nitrogen and oxygen atoms in total. The van der Waals surface area contributed by atoms with E-state index in [0.717, 1.165) is 11.1 Å². The number of nitrogens with one attached hydrogen (secondary N) is 1. The van der Waals surface area contributed by atoms with E-state index in [1.54, 1.807) is 6.92 Å². The monoisotopic (exact) mass is 323 g/mol. The first kappa shape index (κ1) is 17.6. The normalized spacial score (nSPS) is 11.8. The van der Waals surface area contributed by atoms with E-state index in [2.05, 4.69) is 5.32 Å². The van der Waals surface area contributed by atoms with Gasteiger partial charge in [0.05, 0.1) is 5.92 Å². The van der Waals surface area contributed by atoms with E-state index in [4.69, 9.17) is 0 Å². The van der Waals surface area contributed by atoms with Gasteiger partial charge in [0, 0.05) is 6.54 Å². The number of carbonyl (C=O) groups is 3. The number of hydrogen-bond acceptors (Lipinski definition) is 3. The fourth-order valence-electron chi connectivity index (χ4n) is 2.77. The van der Waals surface area contributed by atoms with Crippen LogP contribution < -0.4 is 5.32 Å². The molecule has 4 heteroatoms. The van der Waals surface area contributed by atoms with Crippen molar-refractivity contribution in [2.75, 3.05) is 6.54 Å². The molecule has 0 aromatic heterocycles. The van der Waals surface area contributed by atoms with E-state index in [0.29, 0.717) is 6.54 Å². The maximum atomic E-state index is 13.1. The van der Waals surface area contributed by atoms with Crippen molar-refractivity contribution in [3.8, 4) is 0 Å². The summed E-state index contributed by atoms with van der Waals surface area (Å²) in [5.74, 6) is -3.32. The molecule has 2 aromatic carbocycles. The average molecular weight is 323 g/mol. The molecule has 1 atom stereocenters. The molecule has 0 fully saturated rings. The van der Waals surface area contributed by atoms with Crippen LogP contribution in [0, 0.1) is 5.92 Å². The highest BCUT2D eigenvalue weighted by Gasteiger charge is 2.36. The van der Waals surface area contributed by atoms with E-state index in [9.17, 15) is 14.4 Å². The Morgan fingerprint density at radius 1 is 0.875 bits per heavy atom. The van der Waals surface area contributed by atoms with Crippen LogP contribution in [0.5, 0.6) is 0 Å². The predicted molar refractivity (Wildman–Crippen MR) is 92.6 cm³/mol. The Kier molecular flexibility index (Phi) is 6.01. The molecule has 2 aromatic rings. The van der Waals surface area contributed by atoms with Crippen LogP contribution in [0.2, 0.25) is 0 Å². The summed E-state index contributed by atoms with van der Waals surface area (Å²) in [7, 11) is 0. The van der Waals surface area contributed by atoms with Crippen molar-refractivity contribution in [1.29, 1.82) is 0 Å². The van der Waals surface area contributed by atoms with Crippen molar-refractivity contribution in [2.24, 2.45) is 5.92 Å². The van der Waals surface area contributed by atoms with Gasteiger partial charge in [0.15, 0.2) is 11.7 Å². The highest BCUT2D eigenvalue weighted by Crippen LogP contribution is 2.28. The lowest BCUT2D eigenvalue weighted by atomic mass is 9.81. The molecule has 24 heavy (non-hydrogen) atoms. The Hall–Kier alpha value is -2.75. The van der Waals surface area contributed by atoms with Gasteiger partial charge >= 0.3 is 0 Å². The molecule has 0 radical (unpaired) electrons. The number of amides is 1. The Morgan fingerprint density at radius 2 is 1.33 bits per heavy atom. The molecule has 0 spiro atoms. The lowest BCUT2D eigenvalue weighted by Crippen LogP contribution is -2.41. The second-order valence-corrected chi connectivity index (χ2v) is 5.59. The van der Waals surface area contributed by atoms with Gasteiger partial charge in [0.1, 0.15) is 5.78 Å². The molecule has 0 aliphatic rings. The summed E-state index contributed by atoms with van der Waals surface area (Å²) < 4.78 is 0. The van der Waals surface area contributed by atoms with Crippen LogP contribution in [0.3, 0.4) is 0 Å². The smallest absolute Gasteiger partial charge is 0.238 e. The third-order valence-corrected chi connectivity index (χ3v) is 3.85. The van der Waals surface area contributed by atoms with E-state index < -0.39 is 29.3 Å². The second kappa shape index (κ2) is 8.20. The van der Waals surface area contributed by atoms with Crippen LogP contribution >= 0.6 is 0 Å². The highest BCUT2D eigenvalue weighted by atomic mass is 16.2. The molecule has 124 valence electrons. The Morgan fingerprint density at radius 3 is 1.71 bits per heavy atom. The Bertz CT molecular complexity index is 671. The molecule has 0 aliphatic carbocycles. The molecule has 0 saturated heterocycles. The van der Waals surface area contributed by atoms with Crippen molar-refractivity contribution < 1.29 is 14.4 Å². The maximum absolute atomic E-state index is 13.1. The van der Waals surface area contributed by atoms with Crippen LogP contribution in [0.25, 0.3) is 0 Å². The number of ketones is 2. The lowest BCUT2D eigenvalue weighted by molar-refractivity contribution is -0.140. The number of hydrogen-bond donors (Lipinski definition) is 1. The maximum Gasteiger partial charge on any atom is 0.238 e. The second-order valence-electron chi connectivity index (χ2n) is 5.59. The summed E-state index contributed by atoms with van der Waals surface area (Å²) in [6.45, 7) is 3.41. The zero-order chi connectivity index (χ0) is 17.5. The van der Waals surface area contributed by atoms with Crippen LogP contribution in [0.15, 0.2) is 60.7 Å². The zero-order valence-corrected chi connectivity index (χ0v) is 13.9. The van der Waals surface area contributed by atoms with Crippen LogP contribution in [-0.4, -0.2) is 24.0 Å². The minimum atomic E-state index is -1.30. The van der Waals surface area contributed by atoms with E-state index in [1.165, 1.54) is 6.92 Å². The Labute approximate surface area is 141 Å². The SMILES string of the molecule is CCNC(=O)C(C(C)=O)C(=O)C(c1ccccc1)c1ccccc1. The summed E-state index contributed by atoms with van der Waals surface area (Å²) >= 11 is 0. The predicted octanol–water partition coefficient (Wildman–Crippen LogP) is 2.73. The molecular weight excluding hydrogens is 302 g/mol. The fraction of sp³-hybridized carbons (Fsp3) is 0.250. The van der Waals surface area contributed by atoms with Crippen molar-refractivity contribution in [3.63, 3.8) is 0 Å². The quantitative estimate of drug-likeness (QED) is 0.797. The van der Waals surface area contributed by atoms with Gasteiger partial charge in [-0.15, -0.1) is 0 Å². The number of Topliss-reactive ketones (excluding diaryl/α,β-unsaturated/α-hetero) is 2. The number of carbonyl (C=O) groups excluding carboxylic acids is 3. The zero-order valence-electron chi connectivity index (χ0n) is 13.9. The first-order valence-electron chi connectivity index (χ1n) is 7.98. The van der Waals surface area contributed by atoms with Gasteiger partial charge in [0.2, 0.25) is 5.91 Å². The van der Waals surface area contributed by atoms with Crippen LogP contribution in [0.1, 0.15) is 30.9 Å². The molecule has 1 amide bonds. The van der Waals surface area contributed by atoms with Crippen LogP contribution in [-0.2, 0) is 14.4 Å². The van der Waals surface area contributed by atoms with Gasteiger partial charge in [-0.2, -0.15) is 0 Å². The lowest BCUT2D eigenvalue weighted by Gasteiger charge is -2.21. The van der Waals surface area contributed by atoms with Gasteiger partial charge in [-0.3, -0.25) is 14.4 Å². The molecular formula is C20H21NO3. The molecule has 2 rings (SSSR count). The minimum absolute atomic E-state index is 0.372. The van der Waals surface area contributed by atoms with Gasteiger partial charge in [-0.05, 0) is 25.0 Å². The standard InChI is InChI=1S/C20H21NO3/c1-3-21-20(24)17(14(2)22)19(23)18(15-10-6-4-7-11-15)16-12-8-5-9-13-16/h4-13,17-18H,3H2,1-2H3,(H,21,24). The molecule has 0 aliphatic heterocycles. The van der Waals surface area contributed by atoms with Crippen molar-refractivity contribution in [1.82, 2.24) is 5.32 Å². The summed E-state index contributed by atoms with van der Waals surface area (Å²) in [6.07, 6.45) is 0. The van der Waals surface area contributed by atoms with Crippen LogP contribution in [0.4, 0.5) is 0 Å². The third kappa shape index (κ3) is 3.96. The Balaban J connectivity index is 2.48. The van der Waals surface area contributed by atoms with Crippen molar-refractivity contribution >= 4 is 17.5 Å². The minimum Gasteiger partial charge on any atom is -0.355 e. The average Bonchev–Trinajstić information content (AvgIpc) is 2.57. The van der Waals surface area contributed by atoms with Crippen molar-refractivity contribution in [2.45, 2.75) is 19.8 Å². The molecule has 1 N–H and O–H groups in total. The first-order chi connectivity index (χ1) is 11.6. The molecule has 0 heterocycles. The largest absolute Gasteiger partial charge is 0.355 e. The van der Waals surface area contributed by atoms with E-state index in [-0.39, 0.29) is 0 Å². The highest BCUT2D eigenvalue weighted by molar-refractivity contribution is 6.20. The molecule has 1 unspecified atom stereocenters. The van der Waals surface area contributed by atoms with Gasteiger partial charge in [0.25, 0.3) is 0 Å². The number of benzene rings is 2. The fourth-order valence-corrected chi connectivity index (χ4v) is 2.77. The van der Waals surface area contributed by atoms with Gasteiger partial charge < -0.3 is 5.32 Å². The van der Waals surface area contributed by atoms with Gasteiger partial charge in [-0.25, -0.2) is 0 Å². The first-order valence-corrected chi connectivity index (χ1v) is 7.98. The molecule has 0 saturated carbocycles.